The molecule has 0 N–H and O–H groups in total. The van der Waals surface area contributed by atoms with E-state index in [1.165, 1.54) is 7.11 Å². The Morgan fingerprint density at radius 2 is 2.07 bits per heavy atom. The molecule has 2 rings (SSSR count). The van der Waals surface area contributed by atoms with Crippen molar-refractivity contribution in [3.05, 3.63) is 10.8 Å². The first-order chi connectivity index (χ1) is 6.63. The van der Waals surface area contributed by atoms with Crippen molar-refractivity contribution in [2.24, 2.45) is 0 Å². The van der Waals surface area contributed by atoms with E-state index >= 15 is 0 Å². The van der Waals surface area contributed by atoms with Gasteiger partial charge in [-0.3, -0.25) is 4.79 Å². The van der Waals surface area contributed by atoms with Crippen LogP contribution in [0.25, 0.3) is 0 Å². The Bertz CT molecular complexity index is 306. The molecule has 1 fully saturated rings. The van der Waals surface area contributed by atoms with Crippen LogP contribution < -0.4 is 0 Å². The second-order valence-electron chi connectivity index (χ2n) is 2.94. The highest BCUT2D eigenvalue weighted by molar-refractivity contribution is 6.50. The lowest BCUT2D eigenvalue weighted by Crippen LogP contribution is -2.41. The van der Waals surface area contributed by atoms with Crippen molar-refractivity contribution >= 4 is 29.0 Å². The number of ketones is 1. The highest BCUT2D eigenvalue weighted by atomic mass is 35.5. The fraction of sp³-hybridized carbons (Fsp3) is 0.625. The normalized spacial score (nSPS) is 30.5. The van der Waals surface area contributed by atoms with Crippen molar-refractivity contribution in [2.45, 2.75) is 11.2 Å². The second kappa shape index (κ2) is 3.38. The molecule has 4 nitrogen and oxygen atoms in total. The third kappa shape index (κ3) is 1.11. The molecule has 0 aromatic heterocycles. The maximum atomic E-state index is 11.5. The Hall–Kier alpha value is -0.290. The van der Waals surface area contributed by atoms with Crippen LogP contribution >= 0.6 is 23.2 Å². The molecule has 0 amide bonds. The zero-order chi connectivity index (χ0) is 10.3. The van der Waals surface area contributed by atoms with Gasteiger partial charge in [0.2, 0.25) is 5.78 Å². The number of hydrogen-bond donors (Lipinski definition) is 0. The van der Waals surface area contributed by atoms with E-state index in [2.05, 4.69) is 0 Å². The summed E-state index contributed by atoms with van der Waals surface area (Å²) in [6, 6.07) is 0. The number of ether oxygens (including phenoxy) is 3. The molecule has 0 aromatic rings. The van der Waals surface area contributed by atoms with Crippen molar-refractivity contribution in [3.63, 3.8) is 0 Å². The third-order valence-corrected chi connectivity index (χ3v) is 3.06. The van der Waals surface area contributed by atoms with Gasteiger partial charge in [-0.1, -0.05) is 11.6 Å². The van der Waals surface area contributed by atoms with Gasteiger partial charge in [0.15, 0.2) is 11.1 Å². The zero-order valence-electron chi connectivity index (χ0n) is 7.38. The van der Waals surface area contributed by atoms with Crippen LogP contribution in [0.15, 0.2) is 10.8 Å². The van der Waals surface area contributed by atoms with Gasteiger partial charge in [-0.15, -0.1) is 11.6 Å². The van der Waals surface area contributed by atoms with E-state index in [-0.39, 0.29) is 10.8 Å². The Morgan fingerprint density at radius 3 is 2.57 bits per heavy atom. The van der Waals surface area contributed by atoms with Crippen molar-refractivity contribution in [1.82, 2.24) is 0 Å². The van der Waals surface area contributed by atoms with Crippen molar-refractivity contribution in [3.8, 4) is 0 Å². The van der Waals surface area contributed by atoms with Gasteiger partial charge in [0.1, 0.15) is 5.03 Å². The minimum atomic E-state index is -1.30. The number of allylic oxidation sites excluding steroid dienone is 1. The van der Waals surface area contributed by atoms with Gasteiger partial charge in [0.25, 0.3) is 5.79 Å². The quantitative estimate of drug-likeness (QED) is 0.640. The lowest BCUT2D eigenvalue weighted by Gasteiger charge is -2.26. The van der Waals surface area contributed by atoms with Gasteiger partial charge in [-0.2, -0.15) is 0 Å². The summed E-state index contributed by atoms with van der Waals surface area (Å²) in [5.41, 5.74) is 0. The van der Waals surface area contributed by atoms with Gasteiger partial charge < -0.3 is 14.2 Å². The minimum absolute atomic E-state index is 0.0469. The number of alkyl halides is 1. The summed E-state index contributed by atoms with van der Waals surface area (Å²) in [6.07, 6.45) is 0. The molecule has 78 valence electrons. The van der Waals surface area contributed by atoms with Crippen molar-refractivity contribution < 1.29 is 19.0 Å². The van der Waals surface area contributed by atoms with Crippen LogP contribution in [0.4, 0.5) is 0 Å². The molecule has 6 heteroatoms. The average Bonchev–Trinajstić information content (AvgIpc) is 2.71. The number of Topliss-reactive ketones (excluding diaryl/α,β-unsaturated/α-hetero) is 1. The fourth-order valence-electron chi connectivity index (χ4n) is 1.60. The predicted molar refractivity (Wildman–Crippen MR) is 49.2 cm³/mol. The molecule has 2 aliphatic rings. The first-order valence-electron chi connectivity index (χ1n) is 4.04. The molecule has 1 aliphatic heterocycles. The molecular weight excluding hydrogens is 231 g/mol. The predicted octanol–water partition coefficient (Wildman–Crippen LogP) is 1.02. The summed E-state index contributed by atoms with van der Waals surface area (Å²) < 4.78 is 15.6. The van der Waals surface area contributed by atoms with E-state index < -0.39 is 16.9 Å². The van der Waals surface area contributed by atoms with E-state index in [9.17, 15) is 4.79 Å². The smallest absolute Gasteiger partial charge is 0.254 e. The van der Waals surface area contributed by atoms with Crippen molar-refractivity contribution in [2.75, 3.05) is 20.3 Å². The molecule has 0 saturated carbocycles. The molecule has 1 aliphatic carbocycles. The van der Waals surface area contributed by atoms with Crippen LogP contribution in [0.1, 0.15) is 0 Å². The SMILES string of the molecule is COC1=C(Cl)C(=O)[C@H](Cl)C12OCCO2. The monoisotopic (exact) mass is 238 g/mol. The Morgan fingerprint density at radius 1 is 1.50 bits per heavy atom. The standard InChI is InChI=1S/C8H8Cl2O4/c1-12-7-4(9)5(11)6(10)8(7)13-2-3-14-8/h6H,2-3H2,1H3/t6-/m0/s1. The summed E-state index contributed by atoms with van der Waals surface area (Å²) in [6.45, 7) is 0.737. The lowest BCUT2D eigenvalue weighted by molar-refractivity contribution is -0.152. The summed E-state index contributed by atoms with van der Waals surface area (Å²) in [4.78, 5) is 11.5. The third-order valence-electron chi connectivity index (χ3n) is 2.22. The maximum absolute atomic E-state index is 11.5. The minimum Gasteiger partial charge on any atom is -0.494 e. The summed E-state index contributed by atoms with van der Waals surface area (Å²) >= 11 is 11.6. The Labute approximate surface area is 90.7 Å². The fourth-order valence-corrected chi connectivity index (χ4v) is 2.31. The molecule has 1 spiro atoms. The van der Waals surface area contributed by atoms with Crippen LogP contribution in [-0.2, 0) is 19.0 Å². The first kappa shape index (κ1) is 10.2. The van der Waals surface area contributed by atoms with E-state index in [1.54, 1.807) is 0 Å². The maximum Gasteiger partial charge on any atom is 0.254 e. The Kier molecular flexibility index (Phi) is 2.47. The van der Waals surface area contributed by atoms with Crippen molar-refractivity contribution in [1.29, 1.82) is 0 Å². The van der Waals surface area contributed by atoms with Gasteiger partial charge >= 0.3 is 0 Å². The molecular formula is C8H8Cl2O4. The van der Waals surface area contributed by atoms with E-state index in [4.69, 9.17) is 37.4 Å². The van der Waals surface area contributed by atoms with Crippen LogP contribution in [0.2, 0.25) is 0 Å². The largest absolute Gasteiger partial charge is 0.494 e. The lowest BCUT2D eigenvalue weighted by atomic mass is 10.2. The summed E-state index contributed by atoms with van der Waals surface area (Å²) in [7, 11) is 1.40. The van der Waals surface area contributed by atoms with E-state index in [0.717, 1.165) is 0 Å². The van der Waals surface area contributed by atoms with Gasteiger partial charge in [0.05, 0.1) is 20.3 Å². The molecule has 1 saturated heterocycles. The van der Waals surface area contributed by atoms with Crippen LogP contribution in [-0.4, -0.2) is 37.3 Å². The van der Waals surface area contributed by atoms with Crippen LogP contribution in [0, 0.1) is 0 Å². The van der Waals surface area contributed by atoms with Gasteiger partial charge in [0, 0.05) is 0 Å². The molecule has 0 bridgehead atoms. The van der Waals surface area contributed by atoms with Gasteiger partial charge in [-0.25, -0.2) is 0 Å². The number of methoxy groups -OCH3 is 1. The summed E-state index contributed by atoms with van der Waals surface area (Å²) in [5, 5.41) is -1.01. The molecule has 0 radical (unpaired) electrons. The van der Waals surface area contributed by atoms with E-state index in [1.807, 2.05) is 0 Å². The molecule has 1 atom stereocenters. The molecule has 0 aromatic carbocycles. The molecule has 14 heavy (non-hydrogen) atoms. The number of rotatable bonds is 1. The Balaban J connectivity index is 2.45. The van der Waals surface area contributed by atoms with Gasteiger partial charge in [-0.05, 0) is 0 Å². The molecule has 0 unspecified atom stereocenters. The second-order valence-corrected chi connectivity index (χ2v) is 3.75. The van der Waals surface area contributed by atoms with Crippen LogP contribution in [0.3, 0.4) is 0 Å². The highest BCUT2D eigenvalue weighted by Gasteiger charge is 2.59. The average molecular weight is 239 g/mol. The number of carbonyl (C=O) groups excluding carboxylic acids is 1. The van der Waals surface area contributed by atoms with E-state index in [0.29, 0.717) is 13.2 Å². The topological polar surface area (TPSA) is 44.8 Å². The highest BCUT2D eigenvalue weighted by Crippen LogP contribution is 2.44. The zero-order valence-corrected chi connectivity index (χ0v) is 8.89. The number of halogens is 2. The molecule has 1 heterocycles. The number of carbonyl (C=O) groups is 1. The number of hydrogen-bond acceptors (Lipinski definition) is 4. The van der Waals surface area contributed by atoms with Crippen LogP contribution in [0.5, 0.6) is 0 Å². The summed E-state index contributed by atoms with van der Waals surface area (Å²) in [5.74, 6) is -1.56. The first-order valence-corrected chi connectivity index (χ1v) is 4.85.